The van der Waals surface area contributed by atoms with Crippen LogP contribution in [0.25, 0.3) is 0 Å². The molecule has 0 unspecified atom stereocenters. The maximum absolute atomic E-state index is 10.9. The van der Waals surface area contributed by atoms with Crippen molar-refractivity contribution >= 4 is 5.91 Å². The number of aliphatic hydroxyl groups is 7. The van der Waals surface area contributed by atoms with Gasteiger partial charge in [-0.1, -0.05) is 0 Å². The van der Waals surface area contributed by atoms with Gasteiger partial charge in [-0.2, -0.15) is 0 Å². The van der Waals surface area contributed by atoms with E-state index in [-0.39, 0.29) is 18.9 Å². The minimum Gasteiger partial charge on any atom is -0.394 e. The summed E-state index contributed by atoms with van der Waals surface area (Å²) in [6.45, 7) is -0.763. The molecule has 1 aromatic heterocycles. The fourth-order valence-electron chi connectivity index (χ4n) is 4.99. The van der Waals surface area contributed by atoms with Crippen molar-refractivity contribution < 1.29 is 59.5 Å². The van der Waals surface area contributed by atoms with Crippen molar-refractivity contribution in [3.63, 3.8) is 0 Å². The molecule has 1 saturated carbocycles. The summed E-state index contributed by atoms with van der Waals surface area (Å²) in [5.41, 5.74) is 26.0. The zero-order valence-corrected chi connectivity index (χ0v) is 23.1. The van der Waals surface area contributed by atoms with E-state index >= 15 is 0 Å². The first kappa shape index (κ1) is 35.5. The predicted molar refractivity (Wildman–Crippen MR) is 144 cm³/mol. The normalized spacial score (nSPS) is 43.3. The van der Waals surface area contributed by atoms with Gasteiger partial charge in [-0.15, -0.1) is 0 Å². The Kier molecular flexibility index (Phi) is 13.0. The number of amides is 1. The van der Waals surface area contributed by atoms with Crippen LogP contribution < -0.4 is 34.2 Å². The summed E-state index contributed by atoms with van der Waals surface area (Å²) in [4.78, 5) is 14.5. The first-order valence-electron chi connectivity index (χ1n) is 13.5. The Balaban J connectivity index is 0.000000428. The Morgan fingerprint density at radius 2 is 1.37 bits per heavy atom. The number of nitrogens with zero attached hydrogens (tertiary/aromatic N) is 1. The highest BCUT2D eigenvalue weighted by molar-refractivity contribution is 5.93. The van der Waals surface area contributed by atoms with Crippen LogP contribution in [0, 0.1) is 0 Å². The molecule has 3 aliphatic rings. The van der Waals surface area contributed by atoms with E-state index in [4.69, 9.17) is 47.7 Å². The zero-order valence-electron chi connectivity index (χ0n) is 23.1. The monoisotopic (exact) mass is 621 g/mol. The number of aliphatic hydroxyl groups excluding tert-OH is 7. The van der Waals surface area contributed by atoms with Crippen LogP contribution in [0.2, 0.25) is 0 Å². The maximum Gasteiger partial charge on any atom is 0.265 e. The van der Waals surface area contributed by atoms with Crippen molar-refractivity contribution in [3.8, 4) is 0 Å². The summed E-state index contributed by atoms with van der Waals surface area (Å²) in [6.07, 6.45) is -13.4. The molecule has 1 aliphatic carbocycles. The molecule has 0 aromatic carbocycles. The Morgan fingerprint density at radius 3 is 1.88 bits per heavy atom. The van der Waals surface area contributed by atoms with Gasteiger partial charge in [0.15, 0.2) is 12.6 Å². The molecule has 15 atom stereocenters. The highest BCUT2D eigenvalue weighted by Crippen LogP contribution is 2.31. The molecule has 0 radical (unpaired) electrons. The average Bonchev–Trinajstić information content (AvgIpc) is 3.01. The van der Waals surface area contributed by atoms with Crippen LogP contribution in [0.3, 0.4) is 0 Å². The maximum atomic E-state index is 10.9. The number of aromatic nitrogens is 1. The van der Waals surface area contributed by atoms with E-state index < -0.39 is 98.4 Å². The molecule has 1 aromatic rings. The number of hydrazine groups is 1. The first-order valence-corrected chi connectivity index (χ1v) is 13.5. The number of carbonyl (C=O) groups excluding carboxylic acids is 1. The van der Waals surface area contributed by atoms with E-state index in [0.717, 1.165) is 0 Å². The molecule has 19 heteroatoms. The van der Waals surface area contributed by atoms with Gasteiger partial charge in [0, 0.05) is 36.6 Å². The number of ether oxygens (including phenoxy) is 4. The van der Waals surface area contributed by atoms with Gasteiger partial charge in [0.1, 0.15) is 61.0 Å². The molecular formula is C24H43N7O12. The Labute approximate surface area is 246 Å². The SMILES string of the molecule is NC[C@H]1O[C@H](O[C@H]2[C@H](O)[C@@H](O[C@H]3O[C@H](CO)[C@@H](O)[C@H](N)[C@H]3O)[C@H](N)C[C@@H]2N)[C@H](O)[C@@H](O)[C@@H]1O.NNC(=O)c1ccncc1. The lowest BCUT2D eigenvalue weighted by Crippen LogP contribution is -2.68. The van der Waals surface area contributed by atoms with Crippen molar-refractivity contribution in [1.82, 2.24) is 10.4 Å². The van der Waals surface area contributed by atoms with Gasteiger partial charge in [-0.3, -0.25) is 15.2 Å². The first-order chi connectivity index (χ1) is 20.4. The molecule has 246 valence electrons. The quantitative estimate of drug-likeness (QED) is 0.0763. The smallest absolute Gasteiger partial charge is 0.265 e. The summed E-state index contributed by atoms with van der Waals surface area (Å²) >= 11 is 0. The van der Waals surface area contributed by atoms with Crippen molar-refractivity contribution in [1.29, 1.82) is 0 Å². The second-order valence-corrected chi connectivity index (χ2v) is 10.5. The van der Waals surface area contributed by atoms with Gasteiger partial charge in [0.25, 0.3) is 5.91 Å². The van der Waals surface area contributed by atoms with Crippen LogP contribution in [0.1, 0.15) is 16.8 Å². The van der Waals surface area contributed by atoms with E-state index in [0.29, 0.717) is 5.56 Å². The molecule has 19 nitrogen and oxygen atoms in total. The van der Waals surface area contributed by atoms with E-state index in [1.54, 1.807) is 12.1 Å². The van der Waals surface area contributed by atoms with Gasteiger partial charge in [0.2, 0.25) is 0 Å². The van der Waals surface area contributed by atoms with Crippen LogP contribution in [0.4, 0.5) is 0 Å². The van der Waals surface area contributed by atoms with Gasteiger partial charge in [-0.05, 0) is 18.6 Å². The van der Waals surface area contributed by atoms with Crippen LogP contribution in [-0.4, -0.2) is 152 Å². The Hall–Kier alpha value is -2.02. The van der Waals surface area contributed by atoms with Crippen LogP contribution in [-0.2, 0) is 18.9 Å². The lowest BCUT2D eigenvalue weighted by atomic mass is 9.84. The fraction of sp³-hybridized carbons (Fsp3) is 0.750. The van der Waals surface area contributed by atoms with Gasteiger partial charge in [0.05, 0.1) is 12.6 Å². The second kappa shape index (κ2) is 15.8. The number of carbonyl (C=O) groups is 1. The highest BCUT2D eigenvalue weighted by Gasteiger charge is 2.51. The molecule has 43 heavy (non-hydrogen) atoms. The molecule has 3 heterocycles. The van der Waals surface area contributed by atoms with Crippen molar-refractivity contribution in [3.05, 3.63) is 30.1 Å². The van der Waals surface area contributed by atoms with Crippen molar-refractivity contribution in [2.75, 3.05) is 13.2 Å². The second-order valence-electron chi connectivity index (χ2n) is 10.5. The zero-order chi connectivity index (χ0) is 32.0. The van der Waals surface area contributed by atoms with Crippen LogP contribution in [0.5, 0.6) is 0 Å². The van der Waals surface area contributed by atoms with E-state index in [1.807, 2.05) is 5.43 Å². The number of hydrogen-bond donors (Lipinski definition) is 13. The standard InChI is InChI=1S/C18H36N4O11.C6H7N3O/c19-2-6-10(25)12(27)13(28)18(30-6)33-16-5(21)1-4(20)15(14(16)29)32-17-11(26)8(22)9(24)7(3-23)31-17;7-9-6(10)5-1-3-8-4-2-5/h4-18,23-29H,1-3,19-22H2;1-4H,7H2,(H,9,10)/t4-,5+,6-,7-,8+,9-,10-,11-,12+,13-,14-,15+,16-,17-,18-;/m1./s1. The number of pyridine rings is 1. The molecule has 0 spiro atoms. The number of nitrogens with one attached hydrogen (secondary N) is 1. The molecule has 0 bridgehead atoms. The third-order valence-electron chi connectivity index (χ3n) is 7.56. The van der Waals surface area contributed by atoms with Gasteiger partial charge >= 0.3 is 0 Å². The molecular weight excluding hydrogens is 578 g/mol. The van der Waals surface area contributed by atoms with E-state index in [2.05, 4.69) is 4.98 Å². The Bertz CT molecular complexity index is 951. The minimum absolute atomic E-state index is 0.0849. The summed E-state index contributed by atoms with van der Waals surface area (Å²) in [5.74, 6) is 4.58. The third-order valence-corrected chi connectivity index (χ3v) is 7.56. The number of hydrogen-bond acceptors (Lipinski definition) is 18. The molecule has 2 saturated heterocycles. The van der Waals surface area contributed by atoms with Crippen molar-refractivity contribution in [2.45, 2.75) is 98.2 Å². The fourth-order valence-corrected chi connectivity index (χ4v) is 4.99. The van der Waals surface area contributed by atoms with Gasteiger partial charge < -0.3 is 77.6 Å². The summed E-state index contributed by atoms with van der Waals surface area (Å²) in [7, 11) is 0. The summed E-state index contributed by atoms with van der Waals surface area (Å²) in [6, 6.07) is 0.309. The predicted octanol–water partition coefficient (Wildman–Crippen LogP) is -7.61. The average molecular weight is 622 g/mol. The van der Waals surface area contributed by atoms with E-state index in [1.165, 1.54) is 12.4 Å². The topological polar surface area (TPSA) is 351 Å². The number of nitrogen functional groups attached to an aromatic ring is 1. The number of rotatable bonds is 7. The lowest BCUT2D eigenvalue weighted by molar-refractivity contribution is -0.332. The lowest BCUT2D eigenvalue weighted by Gasteiger charge is -2.48. The van der Waals surface area contributed by atoms with Gasteiger partial charge in [-0.25, -0.2) is 5.84 Å². The number of nitrogens with two attached hydrogens (primary N) is 5. The molecule has 18 N–H and O–H groups in total. The molecule has 2 aliphatic heterocycles. The van der Waals surface area contributed by atoms with E-state index in [9.17, 15) is 40.5 Å². The Morgan fingerprint density at radius 1 is 0.837 bits per heavy atom. The summed E-state index contributed by atoms with van der Waals surface area (Å²) in [5, 5.41) is 70.9. The molecule has 3 fully saturated rings. The van der Waals surface area contributed by atoms with Crippen LogP contribution in [0.15, 0.2) is 24.5 Å². The largest absolute Gasteiger partial charge is 0.394 e. The van der Waals surface area contributed by atoms with Crippen LogP contribution >= 0.6 is 0 Å². The third kappa shape index (κ3) is 8.18. The summed E-state index contributed by atoms with van der Waals surface area (Å²) < 4.78 is 22.2. The molecule has 4 rings (SSSR count). The van der Waals surface area contributed by atoms with Crippen molar-refractivity contribution in [2.24, 2.45) is 28.8 Å². The highest BCUT2D eigenvalue weighted by atomic mass is 16.7. The minimum atomic E-state index is -1.66. The molecule has 1 amide bonds.